The molecule has 3 rings (SSSR count). The van der Waals surface area contributed by atoms with Crippen molar-refractivity contribution in [3.63, 3.8) is 0 Å². The van der Waals surface area contributed by atoms with E-state index in [0.717, 1.165) is 12.1 Å². The van der Waals surface area contributed by atoms with E-state index in [4.69, 9.17) is 14.2 Å². The van der Waals surface area contributed by atoms with Gasteiger partial charge in [0.05, 0.1) is 26.0 Å². The van der Waals surface area contributed by atoms with Crippen molar-refractivity contribution in [2.75, 3.05) is 14.2 Å². The van der Waals surface area contributed by atoms with Crippen molar-refractivity contribution < 1.29 is 31.8 Å². The molecule has 1 N–H and O–H groups in total. The molecule has 0 atom stereocenters. The Hall–Kier alpha value is -3.92. The van der Waals surface area contributed by atoms with Crippen LogP contribution in [0.2, 0.25) is 0 Å². The Morgan fingerprint density at radius 3 is 2.22 bits per heavy atom. The molecule has 0 unspecified atom stereocenters. The lowest BCUT2D eigenvalue weighted by Gasteiger charge is -2.10. The van der Waals surface area contributed by atoms with E-state index in [9.17, 15) is 17.6 Å². The normalized spacial score (nSPS) is 11.2. The summed E-state index contributed by atoms with van der Waals surface area (Å²) in [5.41, 5.74) is 0.756. The van der Waals surface area contributed by atoms with Crippen molar-refractivity contribution in [1.82, 2.24) is 4.83 Å². The van der Waals surface area contributed by atoms with Gasteiger partial charge >= 0.3 is 5.97 Å². The molecule has 32 heavy (non-hydrogen) atoms. The number of methoxy groups -OCH3 is 2. The predicted octanol–water partition coefficient (Wildman–Crippen LogP) is 3.37. The summed E-state index contributed by atoms with van der Waals surface area (Å²) in [5, 5.41) is 3.76. The number of carbonyl (C=O) groups excluding carboxylic acids is 1. The van der Waals surface area contributed by atoms with Gasteiger partial charge in [0.1, 0.15) is 28.0 Å². The highest BCUT2D eigenvalue weighted by Crippen LogP contribution is 2.28. The van der Waals surface area contributed by atoms with Gasteiger partial charge in [0.2, 0.25) is 0 Å². The van der Waals surface area contributed by atoms with Crippen LogP contribution >= 0.6 is 0 Å². The van der Waals surface area contributed by atoms with Crippen molar-refractivity contribution in [3.8, 4) is 17.2 Å². The highest BCUT2D eigenvalue weighted by molar-refractivity contribution is 7.89. The maximum absolute atomic E-state index is 12.9. The highest BCUT2D eigenvalue weighted by Gasteiger charge is 2.20. The molecule has 10 heteroatoms. The Bertz CT molecular complexity index is 1230. The molecule has 0 aliphatic rings. The van der Waals surface area contributed by atoms with Crippen LogP contribution in [0.4, 0.5) is 4.39 Å². The third kappa shape index (κ3) is 5.61. The summed E-state index contributed by atoms with van der Waals surface area (Å²) in [5.74, 6) is -0.336. The predicted molar refractivity (Wildman–Crippen MR) is 115 cm³/mol. The van der Waals surface area contributed by atoms with Crippen LogP contribution < -0.4 is 19.0 Å². The summed E-state index contributed by atoms with van der Waals surface area (Å²) in [4.78, 5) is 14.0. The van der Waals surface area contributed by atoms with Gasteiger partial charge in [-0.25, -0.2) is 9.18 Å². The molecule has 0 heterocycles. The molecule has 0 aromatic heterocycles. The van der Waals surface area contributed by atoms with E-state index in [-0.39, 0.29) is 22.0 Å². The largest absolute Gasteiger partial charge is 0.497 e. The minimum absolute atomic E-state index is 0.125. The fraction of sp³-hybridized carbons (Fsp3) is 0.0909. The van der Waals surface area contributed by atoms with Crippen LogP contribution in [0.5, 0.6) is 17.2 Å². The summed E-state index contributed by atoms with van der Waals surface area (Å²) < 4.78 is 53.4. The number of nitrogens with one attached hydrogen (secondary N) is 1. The van der Waals surface area contributed by atoms with Crippen LogP contribution in [0, 0.1) is 5.82 Å². The summed E-state index contributed by atoms with van der Waals surface area (Å²) in [6.07, 6.45) is 1.29. The zero-order chi connectivity index (χ0) is 23.1. The second-order valence-electron chi connectivity index (χ2n) is 6.34. The van der Waals surface area contributed by atoms with Gasteiger partial charge in [-0.3, -0.25) is 0 Å². The van der Waals surface area contributed by atoms with Gasteiger partial charge in [-0.05, 0) is 66.2 Å². The lowest BCUT2D eigenvalue weighted by Crippen LogP contribution is -2.19. The first-order valence-electron chi connectivity index (χ1n) is 9.17. The Labute approximate surface area is 184 Å². The quantitative estimate of drug-likeness (QED) is 0.240. The number of esters is 1. The molecule has 0 radical (unpaired) electrons. The van der Waals surface area contributed by atoms with Crippen LogP contribution in [0.15, 0.2) is 76.7 Å². The third-order valence-electron chi connectivity index (χ3n) is 4.22. The van der Waals surface area contributed by atoms with E-state index >= 15 is 0 Å². The zero-order valence-electron chi connectivity index (χ0n) is 17.1. The van der Waals surface area contributed by atoms with Crippen molar-refractivity contribution in [3.05, 3.63) is 83.7 Å². The molecule has 0 spiro atoms. The first-order chi connectivity index (χ1) is 15.3. The molecule has 3 aromatic carbocycles. The van der Waals surface area contributed by atoms with E-state index in [1.54, 1.807) is 18.2 Å². The summed E-state index contributed by atoms with van der Waals surface area (Å²) in [7, 11) is -1.24. The maximum Gasteiger partial charge on any atom is 0.343 e. The SMILES string of the molecule is COc1ccc(OC)c(S(=O)(=O)N/N=C/c2ccc(OC(=O)c3ccc(F)cc3)cc2)c1. The van der Waals surface area contributed by atoms with Gasteiger partial charge in [0.15, 0.2) is 0 Å². The van der Waals surface area contributed by atoms with Crippen molar-refractivity contribution in [2.45, 2.75) is 4.90 Å². The average Bonchev–Trinajstić information content (AvgIpc) is 2.80. The van der Waals surface area contributed by atoms with Crippen LogP contribution in [-0.4, -0.2) is 34.8 Å². The molecule has 166 valence electrons. The number of rotatable bonds is 8. The first kappa shape index (κ1) is 22.8. The molecule has 8 nitrogen and oxygen atoms in total. The van der Waals surface area contributed by atoms with E-state index in [1.165, 1.54) is 56.8 Å². The highest BCUT2D eigenvalue weighted by atomic mass is 32.2. The molecule has 0 bridgehead atoms. The molecular weight excluding hydrogens is 439 g/mol. The van der Waals surface area contributed by atoms with Crippen LogP contribution in [0.1, 0.15) is 15.9 Å². The smallest absolute Gasteiger partial charge is 0.343 e. The monoisotopic (exact) mass is 458 g/mol. The van der Waals surface area contributed by atoms with Gasteiger partial charge in [-0.2, -0.15) is 18.4 Å². The van der Waals surface area contributed by atoms with Crippen molar-refractivity contribution >= 4 is 22.2 Å². The van der Waals surface area contributed by atoms with E-state index in [2.05, 4.69) is 9.93 Å². The minimum Gasteiger partial charge on any atom is -0.497 e. The van der Waals surface area contributed by atoms with Crippen LogP contribution in [0.3, 0.4) is 0 Å². The molecule has 0 aliphatic heterocycles. The van der Waals surface area contributed by atoms with Crippen LogP contribution in [0.25, 0.3) is 0 Å². The standard InChI is InChI=1S/C22H19FN2O6S/c1-29-19-11-12-20(30-2)21(13-19)32(27,28)25-24-14-15-3-9-18(10-4-15)31-22(26)16-5-7-17(23)8-6-16/h3-14,25H,1-2H3/b24-14+. The van der Waals surface area contributed by atoms with Gasteiger partial charge in [-0.1, -0.05) is 0 Å². The van der Waals surface area contributed by atoms with E-state index in [1.807, 2.05) is 0 Å². The number of hydrazone groups is 1. The number of benzene rings is 3. The Balaban J connectivity index is 1.66. The van der Waals surface area contributed by atoms with E-state index < -0.39 is 21.8 Å². The number of ether oxygens (including phenoxy) is 3. The Morgan fingerprint density at radius 1 is 0.938 bits per heavy atom. The first-order valence-corrected chi connectivity index (χ1v) is 10.7. The number of carbonyl (C=O) groups is 1. The molecule has 0 aliphatic carbocycles. The second-order valence-corrected chi connectivity index (χ2v) is 7.96. The number of hydrogen-bond donors (Lipinski definition) is 1. The molecular formula is C22H19FN2O6S. The fourth-order valence-corrected chi connectivity index (χ4v) is 3.56. The fourth-order valence-electron chi connectivity index (χ4n) is 2.59. The molecule has 0 saturated heterocycles. The molecule has 0 fully saturated rings. The molecule has 0 amide bonds. The number of hydrogen-bond acceptors (Lipinski definition) is 7. The molecule has 0 saturated carbocycles. The Morgan fingerprint density at radius 2 is 1.59 bits per heavy atom. The lowest BCUT2D eigenvalue weighted by atomic mass is 10.2. The minimum atomic E-state index is -4.01. The average molecular weight is 458 g/mol. The number of nitrogens with zero attached hydrogens (tertiary/aromatic N) is 1. The second kappa shape index (κ2) is 9.92. The van der Waals surface area contributed by atoms with Gasteiger partial charge in [-0.15, -0.1) is 0 Å². The number of sulfonamides is 1. The molecule has 3 aromatic rings. The topological polar surface area (TPSA) is 103 Å². The number of halogens is 1. The zero-order valence-corrected chi connectivity index (χ0v) is 17.9. The summed E-state index contributed by atoms with van der Waals surface area (Å²) >= 11 is 0. The van der Waals surface area contributed by atoms with Gasteiger partial charge < -0.3 is 14.2 Å². The maximum atomic E-state index is 12.9. The lowest BCUT2D eigenvalue weighted by molar-refractivity contribution is 0.0734. The third-order valence-corrected chi connectivity index (χ3v) is 5.46. The van der Waals surface area contributed by atoms with Crippen molar-refractivity contribution in [1.29, 1.82) is 0 Å². The summed E-state index contributed by atoms with van der Waals surface area (Å²) in [6.45, 7) is 0. The van der Waals surface area contributed by atoms with Crippen LogP contribution in [-0.2, 0) is 10.0 Å². The Kier molecular flexibility index (Phi) is 7.06. The van der Waals surface area contributed by atoms with Crippen molar-refractivity contribution in [2.24, 2.45) is 5.10 Å². The summed E-state index contributed by atoms with van der Waals surface area (Å²) in [6, 6.07) is 15.5. The van der Waals surface area contributed by atoms with Gasteiger partial charge in [0.25, 0.3) is 10.0 Å². The van der Waals surface area contributed by atoms with Gasteiger partial charge in [0, 0.05) is 6.07 Å². The van der Waals surface area contributed by atoms with E-state index in [0.29, 0.717) is 11.3 Å².